The molecule has 0 heterocycles. The number of rotatable bonds is 9. The summed E-state index contributed by atoms with van der Waals surface area (Å²) in [5, 5.41) is 3.64. The van der Waals surface area contributed by atoms with Crippen molar-refractivity contribution in [1.29, 1.82) is 0 Å². The molecule has 0 saturated carbocycles. The fourth-order valence-corrected chi connectivity index (χ4v) is 1.75. The highest BCUT2D eigenvalue weighted by atomic mass is 16.5. The largest absolute Gasteiger partial charge is 0.380 e. The van der Waals surface area contributed by atoms with Crippen LogP contribution in [0.2, 0.25) is 0 Å². The van der Waals surface area contributed by atoms with E-state index in [0.29, 0.717) is 12.1 Å². The summed E-state index contributed by atoms with van der Waals surface area (Å²) in [4.78, 5) is 0. The quantitative estimate of drug-likeness (QED) is 0.637. The summed E-state index contributed by atoms with van der Waals surface area (Å²) < 4.78 is 5.41. The van der Waals surface area contributed by atoms with E-state index in [1.807, 2.05) is 6.92 Å². The molecule has 0 aromatic carbocycles. The SMILES string of the molecule is CCOCC(C)NC(CC)CC(C)CC. The minimum atomic E-state index is 0.471. The third-order valence-corrected chi connectivity index (χ3v) is 2.97. The van der Waals surface area contributed by atoms with Gasteiger partial charge in [0.1, 0.15) is 0 Å². The van der Waals surface area contributed by atoms with Gasteiger partial charge >= 0.3 is 0 Å². The highest BCUT2D eigenvalue weighted by Gasteiger charge is 2.12. The Balaban J connectivity index is 3.76. The molecule has 0 spiro atoms. The van der Waals surface area contributed by atoms with Crippen molar-refractivity contribution in [2.24, 2.45) is 5.92 Å². The molecule has 2 heteroatoms. The summed E-state index contributed by atoms with van der Waals surface area (Å²) in [6.45, 7) is 12.7. The first-order valence-corrected chi connectivity index (χ1v) is 6.47. The van der Waals surface area contributed by atoms with Gasteiger partial charge in [-0.2, -0.15) is 0 Å². The standard InChI is InChI=1S/C13H29NO/c1-6-11(4)9-13(7-2)14-12(5)10-15-8-3/h11-14H,6-10H2,1-5H3. The highest BCUT2D eigenvalue weighted by Crippen LogP contribution is 2.12. The van der Waals surface area contributed by atoms with Crippen molar-refractivity contribution in [2.75, 3.05) is 13.2 Å². The Bertz CT molecular complexity index is 138. The Morgan fingerprint density at radius 3 is 2.20 bits per heavy atom. The van der Waals surface area contributed by atoms with Gasteiger partial charge in [0.05, 0.1) is 6.61 Å². The summed E-state index contributed by atoms with van der Waals surface area (Å²) in [6, 6.07) is 1.12. The Hall–Kier alpha value is -0.0800. The third-order valence-electron chi connectivity index (χ3n) is 2.97. The second-order valence-corrected chi connectivity index (χ2v) is 4.58. The van der Waals surface area contributed by atoms with Crippen molar-refractivity contribution in [3.8, 4) is 0 Å². The molecule has 0 amide bonds. The summed E-state index contributed by atoms with van der Waals surface area (Å²) in [5.74, 6) is 0.821. The summed E-state index contributed by atoms with van der Waals surface area (Å²) >= 11 is 0. The van der Waals surface area contributed by atoms with Gasteiger partial charge < -0.3 is 10.1 Å². The number of hydrogen-bond donors (Lipinski definition) is 1. The lowest BCUT2D eigenvalue weighted by Crippen LogP contribution is -2.39. The first kappa shape index (κ1) is 14.9. The minimum absolute atomic E-state index is 0.471. The molecular formula is C13H29NO. The fourth-order valence-electron chi connectivity index (χ4n) is 1.75. The van der Waals surface area contributed by atoms with Crippen LogP contribution in [0, 0.1) is 5.92 Å². The molecular weight excluding hydrogens is 186 g/mol. The van der Waals surface area contributed by atoms with Gasteiger partial charge in [-0.3, -0.25) is 0 Å². The van der Waals surface area contributed by atoms with E-state index in [1.165, 1.54) is 19.3 Å². The molecule has 0 radical (unpaired) electrons. The maximum Gasteiger partial charge on any atom is 0.0616 e. The first-order valence-electron chi connectivity index (χ1n) is 6.47. The maximum atomic E-state index is 5.41. The van der Waals surface area contributed by atoms with Gasteiger partial charge in [-0.15, -0.1) is 0 Å². The molecule has 0 fully saturated rings. The maximum absolute atomic E-state index is 5.41. The Morgan fingerprint density at radius 1 is 1.07 bits per heavy atom. The van der Waals surface area contributed by atoms with Crippen molar-refractivity contribution < 1.29 is 4.74 Å². The molecule has 0 aromatic heterocycles. The van der Waals surface area contributed by atoms with Gasteiger partial charge in [0.2, 0.25) is 0 Å². The second-order valence-electron chi connectivity index (χ2n) is 4.58. The molecule has 15 heavy (non-hydrogen) atoms. The number of nitrogens with one attached hydrogen (secondary N) is 1. The van der Waals surface area contributed by atoms with Crippen molar-refractivity contribution in [3.05, 3.63) is 0 Å². The third kappa shape index (κ3) is 7.80. The number of hydrogen-bond acceptors (Lipinski definition) is 2. The van der Waals surface area contributed by atoms with Gasteiger partial charge in [-0.1, -0.05) is 27.2 Å². The van der Waals surface area contributed by atoms with Crippen LogP contribution in [-0.4, -0.2) is 25.3 Å². The van der Waals surface area contributed by atoms with E-state index >= 15 is 0 Å². The van der Waals surface area contributed by atoms with Crippen LogP contribution in [0.4, 0.5) is 0 Å². The Labute approximate surface area is 95.8 Å². The van der Waals surface area contributed by atoms with Crippen LogP contribution in [-0.2, 0) is 4.74 Å². The molecule has 3 unspecified atom stereocenters. The van der Waals surface area contributed by atoms with E-state index in [2.05, 4.69) is 33.0 Å². The van der Waals surface area contributed by atoms with E-state index in [0.717, 1.165) is 19.1 Å². The predicted octanol–water partition coefficient (Wildman–Crippen LogP) is 3.22. The lowest BCUT2D eigenvalue weighted by Gasteiger charge is -2.24. The van der Waals surface area contributed by atoms with Gasteiger partial charge in [-0.05, 0) is 32.6 Å². The molecule has 0 aliphatic rings. The smallest absolute Gasteiger partial charge is 0.0616 e. The van der Waals surface area contributed by atoms with Crippen LogP contribution in [0.3, 0.4) is 0 Å². The lowest BCUT2D eigenvalue weighted by atomic mass is 9.97. The molecule has 3 atom stereocenters. The van der Waals surface area contributed by atoms with Crippen LogP contribution >= 0.6 is 0 Å². The first-order chi connectivity index (χ1) is 7.13. The Kier molecular flexibility index (Phi) is 9.12. The highest BCUT2D eigenvalue weighted by molar-refractivity contribution is 4.72. The van der Waals surface area contributed by atoms with Crippen LogP contribution in [0.25, 0.3) is 0 Å². The monoisotopic (exact) mass is 215 g/mol. The fraction of sp³-hybridized carbons (Fsp3) is 1.00. The normalized spacial score (nSPS) is 17.4. The summed E-state index contributed by atoms with van der Waals surface area (Å²) in [5.41, 5.74) is 0. The minimum Gasteiger partial charge on any atom is -0.380 e. The molecule has 0 saturated heterocycles. The van der Waals surface area contributed by atoms with Crippen molar-refractivity contribution >= 4 is 0 Å². The average Bonchev–Trinajstić information content (AvgIpc) is 2.25. The molecule has 92 valence electrons. The molecule has 0 aromatic rings. The van der Waals surface area contributed by atoms with E-state index < -0.39 is 0 Å². The predicted molar refractivity (Wildman–Crippen MR) is 67.2 cm³/mol. The average molecular weight is 215 g/mol. The second kappa shape index (κ2) is 9.17. The van der Waals surface area contributed by atoms with E-state index in [-0.39, 0.29) is 0 Å². The zero-order valence-corrected chi connectivity index (χ0v) is 11.2. The molecule has 0 aliphatic carbocycles. The van der Waals surface area contributed by atoms with Crippen LogP contribution in [0.5, 0.6) is 0 Å². The zero-order chi connectivity index (χ0) is 11.7. The van der Waals surface area contributed by atoms with Gasteiger partial charge in [0.25, 0.3) is 0 Å². The van der Waals surface area contributed by atoms with Crippen LogP contribution in [0.1, 0.15) is 53.9 Å². The van der Waals surface area contributed by atoms with E-state index in [4.69, 9.17) is 4.74 Å². The van der Waals surface area contributed by atoms with Gasteiger partial charge in [0.15, 0.2) is 0 Å². The summed E-state index contributed by atoms with van der Waals surface area (Å²) in [6.07, 6.45) is 3.77. The zero-order valence-electron chi connectivity index (χ0n) is 11.2. The molecule has 2 nitrogen and oxygen atoms in total. The van der Waals surface area contributed by atoms with E-state index in [9.17, 15) is 0 Å². The summed E-state index contributed by atoms with van der Waals surface area (Å²) in [7, 11) is 0. The van der Waals surface area contributed by atoms with Crippen LogP contribution in [0.15, 0.2) is 0 Å². The van der Waals surface area contributed by atoms with Crippen molar-refractivity contribution in [1.82, 2.24) is 5.32 Å². The van der Waals surface area contributed by atoms with Crippen molar-refractivity contribution in [2.45, 2.75) is 66.0 Å². The molecule has 0 aliphatic heterocycles. The Morgan fingerprint density at radius 2 is 1.73 bits per heavy atom. The molecule has 0 rings (SSSR count). The number of ether oxygens (including phenoxy) is 1. The van der Waals surface area contributed by atoms with Gasteiger partial charge in [-0.25, -0.2) is 0 Å². The van der Waals surface area contributed by atoms with E-state index in [1.54, 1.807) is 0 Å². The van der Waals surface area contributed by atoms with Crippen molar-refractivity contribution in [3.63, 3.8) is 0 Å². The lowest BCUT2D eigenvalue weighted by molar-refractivity contribution is 0.121. The van der Waals surface area contributed by atoms with Crippen LogP contribution < -0.4 is 5.32 Å². The van der Waals surface area contributed by atoms with Gasteiger partial charge in [0, 0.05) is 18.7 Å². The topological polar surface area (TPSA) is 21.3 Å². The molecule has 1 N–H and O–H groups in total. The molecule has 0 bridgehead atoms.